The number of aliphatic imine (C=N–C) groups is 2. The molecule has 0 spiro atoms. The van der Waals surface area contributed by atoms with Gasteiger partial charge in [0.2, 0.25) is 6.10 Å². The molecule has 2 aromatic rings. The van der Waals surface area contributed by atoms with E-state index in [2.05, 4.69) is 27.0 Å². The van der Waals surface area contributed by atoms with Gasteiger partial charge in [-0.3, -0.25) is 9.59 Å². The zero-order chi connectivity index (χ0) is 19.8. The molecule has 4 rings (SSSR count). The van der Waals surface area contributed by atoms with Crippen molar-refractivity contribution in [2.24, 2.45) is 9.98 Å². The molecule has 2 amide bonds. The SMILES string of the molecule is C=C1C(=O)N=C(n2nc(C)cc2NC(=O)C2COc3ccccc3O2)N=C1C. The van der Waals surface area contributed by atoms with Crippen LogP contribution in [0.3, 0.4) is 0 Å². The molecule has 2 aliphatic heterocycles. The molecule has 0 bridgehead atoms. The summed E-state index contributed by atoms with van der Waals surface area (Å²) in [6, 6.07) is 8.78. The molecule has 0 saturated heterocycles. The minimum absolute atomic E-state index is 0.0597. The molecule has 1 N–H and O–H groups in total. The second kappa shape index (κ2) is 6.76. The maximum Gasteiger partial charge on any atom is 0.281 e. The molecule has 0 fully saturated rings. The highest BCUT2D eigenvalue weighted by Gasteiger charge is 2.29. The minimum atomic E-state index is -0.835. The van der Waals surface area contributed by atoms with Gasteiger partial charge in [-0.05, 0) is 26.0 Å². The van der Waals surface area contributed by atoms with E-state index in [-0.39, 0.29) is 18.1 Å². The number of ether oxygens (including phenoxy) is 2. The third kappa shape index (κ3) is 3.18. The number of fused-ring (bicyclic) bond motifs is 1. The molecule has 0 radical (unpaired) electrons. The molecule has 28 heavy (non-hydrogen) atoms. The Hall–Kier alpha value is -3.75. The number of para-hydroxylation sites is 2. The molecule has 142 valence electrons. The zero-order valence-corrected chi connectivity index (χ0v) is 15.3. The van der Waals surface area contributed by atoms with Crippen LogP contribution in [0.15, 0.2) is 52.5 Å². The Balaban J connectivity index is 1.57. The fourth-order valence-corrected chi connectivity index (χ4v) is 2.75. The third-order valence-electron chi connectivity index (χ3n) is 4.24. The zero-order valence-electron chi connectivity index (χ0n) is 15.3. The number of aryl methyl sites for hydroxylation is 1. The van der Waals surface area contributed by atoms with Crippen molar-refractivity contribution in [3.05, 3.63) is 48.2 Å². The van der Waals surface area contributed by atoms with Crippen LogP contribution in [0.4, 0.5) is 5.82 Å². The number of aromatic nitrogens is 2. The van der Waals surface area contributed by atoms with Crippen LogP contribution in [-0.4, -0.2) is 46.0 Å². The summed E-state index contributed by atoms with van der Waals surface area (Å²) >= 11 is 0. The number of carbonyl (C=O) groups excluding carboxylic acids is 2. The quantitative estimate of drug-likeness (QED) is 0.800. The van der Waals surface area contributed by atoms with E-state index >= 15 is 0 Å². The number of rotatable bonds is 2. The van der Waals surface area contributed by atoms with Gasteiger partial charge in [-0.1, -0.05) is 18.7 Å². The summed E-state index contributed by atoms with van der Waals surface area (Å²) in [5.41, 5.74) is 1.29. The fourth-order valence-electron chi connectivity index (χ4n) is 2.75. The monoisotopic (exact) mass is 379 g/mol. The number of nitrogens with one attached hydrogen (secondary N) is 1. The number of hydrogen-bond acceptors (Lipinski definition) is 6. The second-order valence-electron chi connectivity index (χ2n) is 6.33. The maximum atomic E-state index is 12.7. The average molecular weight is 379 g/mol. The van der Waals surface area contributed by atoms with E-state index in [9.17, 15) is 9.59 Å². The maximum absolute atomic E-state index is 12.7. The normalized spacial score (nSPS) is 18.4. The summed E-state index contributed by atoms with van der Waals surface area (Å²) in [5, 5.41) is 7.02. The first kappa shape index (κ1) is 17.7. The first-order chi connectivity index (χ1) is 13.4. The molecule has 9 nitrogen and oxygen atoms in total. The molecule has 3 heterocycles. The molecule has 9 heteroatoms. The van der Waals surface area contributed by atoms with Gasteiger partial charge in [0.05, 0.1) is 17.0 Å². The summed E-state index contributed by atoms with van der Waals surface area (Å²) in [6.45, 7) is 7.13. The molecule has 2 aliphatic rings. The van der Waals surface area contributed by atoms with Crippen molar-refractivity contribution in [2.75, 3.05) is 11.9 Å². The Morgan fingerprint density at radius 3 is 2.75 bits per heavy atom. The van der Waals surface area contributed by atoms with Crippen LogP contribution in [0, 0.1) is 6.92 Å². The van der Waals surface area contributed by atoms with Crippen molar-refractivity contribution < 1.29 is 19.1 Å². The molecule has 1 unspecified atom stereocenters. The number of benzene rings is 1. The largest absolute Gasteiger partial charge is 0.485 e. The van der Waals surface area contributed by atoms with Gasteiger partial charge in [0.15, 0.2) is 11.5 Å². The van der Waals surface area contributed by atoms with Crippen molar-refractivity contribution in [1.29, 1.82) is 0 Å². The van der Waals surface area contributed by atoms with Crippen LogP contribution in [0.1, 0.15) is 12.6 Å². The highest BCUT2D eigenvalue weighted by molar-refractivity contribution is 6.27. The van der Waals surface area contributed by atoms with E-state index in [1.54, 1.807) is 38.1 Å². The number of nitrogens with zero attached hydrogens (tertiary/aromatic N) is 4. The van der Waals surface area contributed by atoms with Crippen LogP contribution in [0.25, 0.3) is 0 Å². The minimum Gasteiger partial charge on any atom is -0.485 e. The topological polar surface area (TPSA) is 107 Å². The summed E-state index contributed by atoms with van der Waals surface area (Å²) < 4.78 is 12.6. The Kier molecular flexibility index (Phi) is 4.26. The highest BCUT2D eigenvalue weighted by atomic mass is 16.6. The number of amides is 2. The molecule has 0 aliphatic carbocycles. The Morgan fingerprint density at radius 1 is 1.25 bits per heavy atom. The number of anilines is 1. The first-order valence-electron chi connectivity index (χ1n) is 8.56. The molecular weight excluding hydrogens is 362 g/mol. The first-order valence-corrected chi connectivity index (χ1v) is 8.56. The van der Waals surface area contributed by atoms with Gasteiger partial charge in [0.1, 0.15) is 12.4 Å². The predicted molar refractivity (Wildman–Crippen MR) is 102 cm³/mol. The molecule has 0 saturated carbocycles. The van der Waals surface area contributed by atoms with Gasteiger partial charge < -0.3 is 14.8 Å². The van der Waals surface area contributed by atoms with Crippen LogP contribution >= 0.6 is 0 Å². The van der Waals surface area contributed by atoms with Crippen LogP contribution in [-0.2, 0) is 9.59 Å². The molecular formula is C19H17N5O4. The summed E-state index contributed by atoms with van der Waals surface area (Å²) in [5.74, 6) is 0.564. The number of hydrogen-bond donors (Lipinski definition) is 1. The highest BCUT2D eigenvalue weighted by Crippen LogP contribution is 2.31. The van der Waals surface area contributed by atoms with Gasteiger partial charge in [0.25, 0.3) is 17.8 Å². The van der Waals surface area contributed by atoms with Crippen molar-refractivity contribution in [3.8, 4) is 11.5 Å². The van der Waals surface area contributed by atoms with Crippen molar-refractivity contribution >= 4 is 29.3 Å². The molecule has 1 aromatic heterocycles. The van der Waals surface area contributed by atoms with Crippen molar-refractivity contribution in [3.63, 3.8) is 0 Å². The van der Waals surface area contributed by atoms with E-state index in [1.165, 1.54) is 4.68 Å². The van der Waals surface area contributed by atoms with Gasteiger partial charge in [-0.2, -0.15) is 14.8 Å². The average Bonchev–Trinajstić information content (AvgIpc) is 3.05. The lowest BCUT2D eigenvalue weighted by molar-refractivity contribution is -0.125. The summed E-state index contributed by atoms with van der Waals surface area (Å²) in [6.07, 6.45) is -0.835. The second-order valence-corrected chi connectivity index (χ2v) is 6.33. The van der Waals surface area contributed by atoms with Crippen LogP contribution in [0.2, 0.25) is 0 Å². The van der Waals surface area contributed by atoms with E-state index in [4.69, 9.17) is 9.47 Å². The van der Waals surface area contributed by atoms with Crippen LogP contribution in [0.5, 0.6) is 11.5 Å². The van der Waals surface area contributed by atoms with Gasteiger partial charge >= 0.3 is 0 Å². The van der Waals surface area contributed by atoms with E-state index in [0.717, 1.165) is 0 Å². The molecule has 1 aromatic carbocycles. The van der Waals surface area contributed by atoms with Gasteiger partial charge in [0, 0.05) is 6.07 Å². The van der Waals surface area contributed by atoms with Gasteiger partial charge in [-0.25, -0.2) is 4.99 Å². The lowest BCUT2D eigenvalue weighted by Gasteiger charge is -2.25. The van der Waals surface area contributed by atoms with Crippen molar-refractivity contribution in [1.82, 2.24) is 9.78 Å². The van der Waals surface area contributed by atoms with E-state index < -0.39 is 17.9 Å². The van der Waals surface area contributed by atoms with E-state index in [0.29, 0.717) is 28.7 Å². The number of carbonyl (C=O) groups is 2. The Morgan fingerprint density at radius 2 is 2.00 bits per heavy atom. The summed E-state index contributed by atoms with van der Waals surface area (Å²) in [7, 11) is 0. The van der Waals surface area contributed by atoms with Crippen LogP contribution < -0.4 is 14.8 Å². The predicted octanol–water partition coefficient (Wildman–Crippen LogP) is 1.73. The van der Waals surface area contributed by atoms with Crippen molar-refractivity contribution in [2.45, 2.75) is 20.0 Å². The lowest BCUT2D eigenvalue weighted by atomic mass is 10.2. The Labute approximate surface area is 160 Å². The fraction of sp³-hybridized carbons (Fsp3) is 0.211. The smallest absolute Gasteiger partial charge is 0.281 e. The third-order valence-corrected chi connectivity index (χ3v) is 4.24. The molecule has 1 atom stereocenters. The van der Waals surface area contributed by atoms with E-state index in [1.807, 2.05) is 6.07 Å². The summed E-state index contributed by atoms with van der Waals surface area (Å²) in [4.78, 5) is 32.8. The standard InChI is InChI=1S/C19H17N5O4/c1-10-8-16(24(23-10)19-20-12(3)11(2)17(25)22-19)21-18(26)15-9-27-13-6-4-5-7-14(13)28-15/h4-8,15H,2,9H2,1,3H3,(H,21,26). The lowest BCUT2D eigenvalue weighted by Crippen LogP contribution is -2.40. The Bertz CT molecular complexity index is 1070. The van der Waals surface area contributed by atoms with Gasteiger partial charge in [-0.15, -0.1) is 0 Å².